The number of amides is 1. The molecule has 1 aliphatic carbocycles. The molecule has 104 valence electrons. The molecule has 1 saturated carbocycles. The van der Waals surface area contributed by atoms with Gasteiger partial charge in [-0.15, -0.1) is 0 Å². The number of hydrogen-bond acceptors (Lipinski definition) is 4. The number of nitrogens with one attached hydrogen (secondary N) is 2. The largest absolute Gasteiger partial charge is 0.393 e. The molecule has 0 aromatic rings. The van der Waals surface area contributed by atoms with Crippen LogP contribution in [0.5, 0.6) is 0 Å². The van der Waals surface area contributed by atoms with Crippen molar-refractivity contribution in [1.82, 2.24) is 10.6 Å². The molecule has 0 radical (unpaired) electrons. The van der Waals surface area contributed by atoms with Gasteiger partial charge in [0.05, 0.1) is 12.6 Å². The van der Waals surface area contributed by atoms with Crippen LogP contribution < -0.4 is 10.6 Å². The summed E-state index contributed by atoms with van der Waals surface area (Å²) in [7, 11) is 0. The van der Waals surface area contributed by atoms with Crippen LogP contribution in [-0.4, -0.2) is 49.5 Å². The van der Waals surface area contributed by atoms with Gasteiger partial charge in [0, 0.05) is 19.3 Å². The lowest BCUT2D eigenvalue weighted by atomic mass is 10.1. The van der Waals surface area contributed by atoms with Gasteiger partial charge in [-0.2, -0.15) is 0 Å². The minimum absolute atomic E-state index is 0.0699. The summed E-state index contributed by atoms with van der Waals surface area (Å²) in [6.45, 7) is 2.71. The second-order valence-electron chi connectivity index (χ2n) is 5.42. The van der Waals surface area contributed by atoms with Crippen molar-refractivity contribution >= 4 is 5.91 Å². The fourth-order valence-electron chi connectivity index (χ4n) is 2.74. The van der Waals surface area contributed by atoms with Crippen LogP contribution in [0.25, 0.3) is 0 Å². The van der Waals surface area contributed by atoms with Gasteiger partial charge < -0.3 is 20.5 Å². The third-order valence-corrected chi connectivity index (χ3v) is 3.82. The molecule has 0 aromatic carbocycles. The summed E-state index contributed by atoms with van der Waals surface area (Å²) in [5.41, 5.74) is 0. The van der Waals surface area contributed by atoms with Gasteiger partial charge in [0.2, 0.25) is 5.91 Å². The van der Waals surface area contributed by atoms with Gasteiger partial charge in [-0.05, 0) is 44.6 Å². The lowest BCUT2D eigenvalue weighted by Gasteiger charge is -2.23. The zero-order valence-electron chi connectivity index (χ0n) is 10.9. The average molecular weight is 256 g/mol. The van der Waals surface area contributed by atoms with Crippen molar-refractivity contribution in [3.63, 3.8) is 0 Å². The van der Waals surface area contributed by atoms with Gasteiger partial charge in [0.15, 0.2) is 0 Å². The molecule has 1 amide bonds. The fraction of sp³-hybridized carbons (Fsp3) is 0.923. The van der Waals surface area contributed by atoms with Crippen molar-refractivity contribution in [3.05, 3.63) is 0 Å². The summed E-state index contributed by atoms with van der Waals surface area (Å²) in [4.78, 5) is 11.7. The van der Waals surface area contributed by atoms with Crippen LogP contribution in [0.15, 0.2) is 0 Å². The van der Waals surface area contributed by atoms with Crippen molar-refractivity contribution in [2.45, 2.75) is 44.2 Å². The van der Waals surface area contributed by atoms with E-state index in [1.165, 1.54) is 0 Å². The molecule has 18 heavy (non-hydrogen) atoms. The van der Waals surface area contributed by atoms with Crippen molar-refractivity contribution < 1.29 is 14.6 Å². The highest BCUT2D eigenvalue weighted by Gasteiger charge is 2.22. The molecule has 2 unspecified atom stereocenters. The van der Waals surface area contributed by atoms with E-state index in [-0.39, 0.29) is 18.1 Å². The first kappa shape index (κ1) is 13.8. The summed E-state index contributed by atoms with van der Waals surface area (Å²) in [5.74, 6) is 0.594. The molecule has 1 saturated heterocycles. The SMILES string of the molecule is O=C(CNCC1CCC(O)C1)NC1CCOCC1. The first-order valence-electron chi connectivity index (χ1n) is 7.00. The molecule has 0 bridgehead atoms. The Morgan fingerprint density at radius 1 is 1.22 bits per heavy atom. The Labute approximate surface area is 108 Å². The molecule has 2 aliphatic rings. The third kappa shape index (κ3) is 4.55. The Hall–Kier alpha value is -0.650. The van der Waals surface area contributed by atoms with Crippen LogP contribution >= 0.6 is 0 Å². The number of aliphatic hydroxyl groups is 1. The van der Waals surface area contributed by atoms with Crippen molar-refractivity contribution in [2.24, 2.45) is 5.92 Å². The average Bonchev–Trinajstić information content (AvgIpc) is 2.76. The van der Waals surface area contributed by atoms with Gasteiger partial charge in [-0.3, -0.25) is 4.79 Å². The highest BCUT2D eigenvalue weighted by atomic mass is 16.5. The molecule has 2 rings (SSSR count). The van der Waals surface area contributed by atoms with E-state index in [0.29, 0.717) is 12.5 Å². The summed E-state index contributed by atoms with van der Waals surface area (Å²) >= 11 is 0. The molecule has 0 aromatic heterocycles. The Morgan fingerprint density at radius 3 is 2.67 bits per heavy atom. The quantitative estimate of drug-likeness (QED) is 0.649. The van der Waals surface area contributed by atoms with Crippen molar-refractivity contribution in [2.75, 3.05) is 26.3 Å². The van der Waals surface area contributed by atoms with Crippen LogP contribution in [0, 0.1) is 5.92 Å². The Morgan fingerprint density at radius 2 is 2.00 bits per heavy atom. The predicted octanol–water partition coefficient (Wildman–Crippen LogP) is 0.0322. The lowest BCUT2D eigenvalue weighted by molar-refractivity contribution is -0.121. The van der Waals surface area contributed by atoms with Crippen LogP contribution in [0.2, 0.25) is 0 Å². The number of carbonyl (C=O) groups excluding carboxylic acids is 1. The summed E-state index contributed by atoms with van der Waals surface area (Å²) in [6, 6.07) is 0.279. The summed E-state index contributed by atoms with van der Waals surface area (Å²) in [6.07, 6.45) is 4.54. The maximum absolute atomic E-state index is 11.7. The lowest BCUT2D eigenvalue weighted by Crippen LogP contribution is -2.43. The second kappa shape index (κ2) is 7.07. The second-order valence-corrected chi connectivity index (χ2v) is 5.42. The maximum Gasteiger partial charge on any atom is 0.234 e. The van der Waals surface area contributed by atoms with Crippen molar-refractivity contribution in [1.29, 1.82) is 0 Å². The molecule has 5 heteroatoms. The fourth-order valence-corrected chi connectivity index (χ4v) is 2.74. The topological polar surface area (TPSA) is 70.6 Å². The number of rotatable bonds is 5. The highest BCUT2D eigenvalue weighted by molar-refractivity contribution is 5.78. The Kier molecular flexibility index (Phi) is 5.41. The van der Waals surface area contributed by atoms with E-state index in [4.69, 9.17) is 4.74 Å². The Balaban J connectivity index is 1.54. The standard InChI is InChI=1S/C13H24N2O3/c16-12-2-1-10(7-12)8-14-9-13(17)15-11-3-5-18-6-4-11/h10-12,14,16H,1-9H2,(H,15,17). The van der Waals surface area contributed by atoms with Gasteiger partial charge in [-0.25, -0.2) is 0 Å². The molecule has 2 atom stereocenters. The third-order valence-electron chi connectivity index (χ3n) is 3.82. The summed E-state index contributed by atoms with van der Waals surface area (Å²) < 4.78 is 5.25. The normalized spacial score (nSPS) is 29.4. The zero-order valence-corrected chi connectivity index (χ0v) is 10.9. The number of carbonyl (C=O) groups is 1. The summed E-state index contributed by atoms with van der Waals surface area (Å²) in [5, 5.41) is 15.6. The van der Waals surface area contributed by atoms with Gasteiger partial charge in [-0.1, -0.05) is 0 Å². The molecule has 1 heterocycles. The molecule has 2 fully saturated rings. The maximum atomic E-state index is 11.7. The monoisotopic (exact) mass is 256 g/mol. The van der Waals surface area contributed by atoms with E-state index in [1.54, 1.807) is 0 Å². The molecule has 1 aliphatic heterocycles. The van der Waals surface area contributed by atoms with Crippen LogP contribution in [0.3, 0.4) is 0 Å². The van der Waals surface area contributed by atoms with Gasteiger partial charge >= 0.3 is 0 Å². The van der Waals surface area contributed by atoms with E-state index in [9.17, 15) is 9.90 Å². The molecular weight excluding hydrogens is 232 g/mol. The van der Waals surface area contributed by atoms with E-state index < -0.39 is 0 Å². The molecular formula is C13H24N2O3. The zero-order chi connectivity index (χ0) is 12.8. The van der Waals surface area contributed by atoms with Gasteiger partial charge in [0.1, 0.15) is 0 Å². The van der Waals surface area contributed by atoms with Crippen LogP contribution in [0.1, 0.15) is 32.1 Å². The van der Waals surface area contributed by atoms with Crippen LogP contribution in [0.4, 0.5) is 0 Å². The molecule has 5 nitrogen and oxygen atoms in total. The highest BCUT2D eigenvalue weighted by Crippen LogP contribution is 2.24. The van der Waals surface area contributed by atoms with E-state index in [1.807, 2.05) is 0 Å². The van der Waals surface area contributed by atoms with E-state index in [0.717, 1.165) is 51.9 Å². The van der Waals surface area contributed by atoms with Crippen molar-refractivity contribution in [3.8, 4) is 0 Å². The minimum Gasteiger partial charge on any atom is -0.393 e. The number of ether oxygens (including phenoxy) is 1. The smallest absolute Gasteiger partial charge is 0.234 e. The predicted molar refractivity (Wildman–Crippen MR) is 68.2 cm³/mol. The van der Waals surface area contributed by atoms with E-state index >= 15 is 0 Å². The number of hydrogen-bond donors (Lipinski definition) is 3. The molecule has 3 N–H and O–H groups in total. The van der Waals surface area contributed by atoms with Gasteiger partial charge in [0.25, 0.3) is 0 Å². The Bertz CT molecular complexity index is 267. The first-order chi connectivity index (χ1) is 8.74. The number of aliphatic hydroxyl groups excluding tert-OH is 1. The van der Waals surface area contributed by atoms with Crippen LogP contribution in [-0.2, 0) is 9.53 Å². The molecule has 0 spiro atoms. The first-order valence-corrected chi connectivity index (χ1v) is 7.00. The van der Waals surface area contributed by atoms with E-state index in [2.05, 4.69) is 10.6 Å². The minimum atomic E-state index is -0.132.